The van der Waals surface area contributed by atoms with Crippen molar-refractivity contribution in [3.05, 3.63) is 23.8 Å². The van der Waals surface area contributed by atoms with Crippen molar-refractivity contribution in [3.63, 3.8) is 0 Å². The Morgan fingerprint density at radius 3 is 2.76 bits per heavy atom. The Bertz CT molecular complexity index is 511. The molecule has 1 aromatic rings. The molecule has 0 bridgehead atoms. The molecule has 0 aliphatic carbocycles. The highest BCUT2D eigenvalue weighted by atomic mass is 16.5. The van der Waals surface area contributed by atoms with Crippen molar-refractivity contribution >= 4 is 5.97 Å². The topological polar surface area (TPSA) is 79.2 Å². The Kier molecular flexibility index (Phi) is 4.69. The second-order valence-corrected chi connectivity index (χ2v) is 5.47. The van der Waals surface area contributed by atoms with Crippen LogP contribution in [-0.4, -0.2) is 53.0 Å². The summed E-state index contributed by atoms with van der Waals surface area (Å²) in [7, 11) is 0. The van der Waals surface area contributed by atoms with Gasteiger partial charge in [0.15, 0.2) is 11.5 Å². The molecule has 1 fully saturated rings. The number of hydrogen-bond acceptors (Lipinski definition) is 5. The number of rotatable bonds is 7. The zero-order valence-corrected chi connectivity index (χ0v) is 12.3. The molecule has 6 heteroatoms. The lowest BCUT2D eigenvalue weighted by atomic mass is 9.95. The highest BCUT2D eigenvalue weighted by Crippen LogP contribution is 2.33. The lowest BCUT2D eigenvalue weighted by Gasteiger charge is -2.47. The largest absolute Gasteiger partial charge is 0.504 e. The van der Waals surface area contributed by atoms with Crippen LogP contribution in [0.1, 0.15) is 19.4 Å². The average molecular weight is 295 g/mol. The van der Waals surface area contributed by atoms with Gasteiger partial charge in [-0.2, -0.15) is 0 Å². The number of phenols is 1. The Balaban J connectivity index is 1.90. The number of phenolic OH excluding ortho intramolecular Hbond substituents is 1. The zero-order valence-electron chi connectivity index (χ0n) is 12.3. The van der Waals surface area contributed by atoms with Crippen LogP contribution in [0.4, 0.5) is 0 Å². The predicted octanol–water partition coefficient (Wildman–Crippen LogP) is 1.47. The number of ether oxygens (including phenoxy) is 2. The molecule has 1 aliphatic heterocycles. The second-order valence-electron chi connectivity index (χ2n) is 5.47. The molecule has 1 aliphatic rings. The maximum Gasteiger partial charge on any atom is 0.329 e. The molecule has 1 heterocycles. The fraction of sp³-hybridized carbons (Fsp3) is 0.533. The Hall–Kier alpha value is -1.79. The highest BCUT2D eigenvalue weighted by Gasteiger charge is 2.40. The predicted molar refractivity (Wildman–Crippen MR) is 76.5 cm³/mol. The number of nitrogens with zero attached hydrogens (tertiary/aromatic N) is 1. The van der Waals surface area contributed by atoms with Crippen LogP contribution >= 0.6 is 0 Å². The van der Waals surface area contributed by atoms with E-state index in [4.69, 9.17) is 14.6 Å². The Morgan fingerprint density at radius 1 is 1.43 bits per heavy atom. The molecule has 6 nitrogen and oxygen atoms in total. The van der Waals surface area contributed by atoms with Crippen molar-refractivity contribution in [3.8, 4) is 11.5 Å². The minimum absolute atomic E-state index is 0.166. The van der Waals surface area contributed by atoms with Crippen LogP contribution in [0.5, 0.6) is 11.5 Å². The molecule has 0 aromatic heterocycles. The van der Waals surface area contributed by atoms with Gasteiger partial charge in [-0.3, -0.25) is 4.90 Å². The molecule has 1 saturated heterocycles. The molecule has 0 spiro atoms. The van der Waals surface area contributed by atoms with E-state index in [2.05, 4.69) is 4.90 Å². The van der Waals surface area contributed by atoms with Gasteiger partial charge >= 0.3 is 5.97 Å². The van der Waals surface area contributed by atoms with Crippen LogP contribution < -0.4 is 4.74 Å². The average Bonchev–Trinajstić information content (AvgIpc) is 2.39. The summed E-state index contributed by atoms with van der Waals surface area (Å²) >= 11 is 0. The molecule has 0 amide bonds. The summed E-state index contributed by atoms with van der Waals surface area (Å²) < 4.78 is 10.7. The summed E-state index contributed by atoms with van der Waals surface area (Å²) in [5.41, 5.74) is 0.368. The van der Waals surface area contributed by atoms with E-state index in [1.807, 2.05) is 26.0 Å². The van der Waals surface area contributed by atoms with Crippen LogP contribution in [-0.2, 0) is 16.1 Å². The molecular weight excluding hydrogens is 274 g/mol. The van der Waals surface area contributed by atoms with Crippen molar-refractivity contribution in [2.75, 3.05) is 26.3 Å². The number of carboxylic acid groups (broad SMARTS) is 1. The third kappa shape index (κ3) is 3.86. The number of carbonyl (C=O) groups is 1. The van der Waals surface area contributed by atoms with E-state index in [9.17, 15) is 9.90 Å². The van der Waals surface area contributed by atoms with Crippen molar-refractivity contribution in [1.82, 2.24) is 4.90 Å². The first-order valence-electron chi connectivity index (χ1n) is 6.95. The molecule has 0 radical (unpaired) electrons. The molecule has 2 rings (SSSR count). The lowest BCUT2D eigenvalue weighted by molar-refractivity contribution is -0.165. The summed E-state index contributed by atoms with van der Waals surface area (Å²) in [4.78, 5) is 12.6. The minimum atomic E-state index is -0.961. The molecule has 116 valence electrons. The van der Waals surface area contributed by atoms with Gasteiger partial charge in [0.1, 0.15) is 6.61 Å². The zero-order chi connectivity index (χ0) is 15.5. The van der Waals surface area contributed by atoms with Gasteiger partial charge in [0.05, 0.1) is 12.2 Å². The monoisotopic (exact) mass is 295 g/mol. The van der Waals surface area contributed by atoms with E-state index < -0.39 is 11.6 Å². The summed E-state index contributed by atoms with van der Waals surface area (Å²) in [5, 5.41) is 18.8. The fourth-order valence-corrected chi connectivity index (χ4v) is 2.55. The van der Waals surface area contributed by atoms with Gasteiger partial charge in [0.2, 0.25) is 0 Å². The number of likely N-dealkylation sites (tertiary alicyclic amines) is 1. The Labute approximate surface area is 123 Å². The van der Waals surface area contributed by atoms with Crippen molar-refractivity contribution in [1.29, 1.82) is 0 Å². The quantitative estimate of drug-likeness (QED) is 0.793. The van der Waals surface area contributed by atoms with Gasteiger partial charge in [0, 0.05) is 25.2 Å². The summed E-state index contributed by atoms with van der Waals surface area (Å²) in [6.45, 7) is 5.84. The molecule has 2 N–H and O–H groups in total. The number of benzene rings is 1. The SMILES string of the molecule is CCOc1cccc(CN2CC(C)(OCC(=O)O)C2)c1O. The van der Waals surface area contributed by atoms with Crippen molar-refractivity contribution < 1.29 is 24.5 Å². The molecule has 1 aromatic carbocycles. The number of carboxylic acids is 1. The maximum absolute atomic E-state index is 10.5. The third-order valence-corrected chi connectivity index (χ3v) is 3.44. The molecule has 0 saturated carbocycles. The van der Waals surface area contributed by atoms with Crippen LogP contribution in [0, 0.1) is 0 Å². The summed E-state index contributed by atoms with van der Waals surface area (Å²) in [6, 6.07) is 5.43. The first-order chi connectivity index (χ1) is 9.93. The van der Waals surface area contributed by atoms with Crippen LogP contribution in [0.2, 0.25) is 0 Å². The summed E-state index contributed by atoms with van der Waals surface area (Å²) in [5.74, 6) is -0.309. The number of aromatic hydroxyl groups is 1. The van der Waals surface area contributed by atoms with E-state index in [-0.39, 0.29) is 12.4 Å². The Morgan fingerprint density at radius 2 is 2.14 bits per heavy atom. The van der Waals surface area contributed by atoms with E-state index in [1.165, 1.54) is 0 Å². The molecule has 21 heavy (non-hydrogen) atoms. The minimum Gasteiger partial charge on any atom is -0.504 e. The number of para-hydroxylation sites is 1. The third-order valence-electron chi connectivity index (χ3n) is 3.44. The first-order valence-corrected chi connectivity index (χ1v) is 6.95. The van der Waals surface area contributed by atoms with E-state index in [0.717, 1.165) is 5.56 Å². The van der Waals surface area contributed by atoms with Gasteiger partial charge in [-0.15, -0.1) is 0 Å². The van der Waals surface area contributed by atoms with Gasteiger partial charge < -0.3 is 19.7 Å². The number of aliphatic carboxylic acids is 1. The van der Waals surface area contributed by atoms with E-state index in [0.29, 0.717) is 32.0 Å². The smallest absolute Gasteiger partial charge is 0.329 e. The normalized spacial score (nSPS) is 17.2. The molecular formula is C15H21NO5. The van der Waals surface area contributed by atoms with Gasteiger partial charge in [0.25, 0.3) is 0 Å². The van der Waals surface area contributed by atoms with E-state index >= 15 is 0 Å². The highest BCUT2D eigenvalue weighted by molar-refractivity contribution is 5.68. The second kappa shape index (κ2) is 6.32. The molecule has 0 atom stereocenters. The molecule has 0 unspecified atom stereocenters. The van der Waals surface area contributed by atoms with Crippen LogP contribution in [0.15, 0.2) is 18.2 Å². The van der Waals surface area contributed by atoms with E-state index in [1.54, 1.807) is 6.07 Å². The van der Waals surface area contributed by atoms with Crippen LogP contribution in [0.3, 0.4) is 0 Å². The number of hydrogen-bond donors (Lipinski definition) is 2. The summed E-state index contributed by atoms with van der Waals surface area (Å²) in [6.07, 6.45) is 0. The standard InChI is InChI=1S/C15H21NO5/c1-3-20-12-6-4-5-11(14(12)19)7-16-9-15(2,10-16)21-8-13(17)18/h4-6,19H,3,7-10H2,1-2H3,(H,17,18). The van der Waals surface area contributed by atoms with Gasteiger partial charge in [-0.25, -0.2) is 4.79 Å². The van der Waals surface area contributed by atoms with Gasteiger partial charge in [-0.1, -0.05) is 12.1 Å². The maximum atomic E-state index is 10.5. The first kappa shape index (κ1) is 15.6. The van der Waals surface area contributed by atoms with Crippen molar-refractivity contribution in [2.24, 2.45) is 0 Å². The van der Waals surface area contributed by atoms with Crippen LogP contribution in [0.25, 0.3) is 0 Å². The van der Waals surface area contributed by atoms with Crippen molar-refractivity contribution in [2.45, 2.75) is 26.0 Å². The lowest BCUT2D eigenvalue weighted by Crippen LogP contribution is -2.61. The van der Waals surface area contributed by atoms with Gasteiger partial charge in [-0.05, 0) is 19.9 Å². The fourth-order valence-electron chi connectivity index (χ4n) is 2.55.